The van der Waals surface area contributed by atoms with E-state index in [0.717, 1.165) is 16.7 Å². The topological polar surface area (TPSA) is 108 Å². The third kappa shape index (κ3) is 6.02. The number of rotatable bonds is 7. The molecule has 0 bridgehead atoms. The second kappa shape index (κ2) is 11.1. The molecule has 0 radical (unpaired) electrons. The Labute approximate surface area is 208 Å². The molecule has 0 aliphatic rings. The summed E-state index contributed by atoms with van der Waals surface area (Å²) in [6.45, 7) is 2.31. The third-order valence-corrected chi connectivity index (χ3v) is 5.64. The highest BCUT2D eigenvalue weighted by Crippen LogP contribution is 2.26. The second-order valence-corrected chi connectivity index (χ2v) is 8.31. The van der Waals surface area contributed by atoms with Gasteiger partial charge in [0.05, 0.1) is 0 Å². The first kappa shape index (κ1) is 24.4. The fourth-order valence-electron chi connectivity index (χ4n) is 3.66. The summed E-state index contributed by atoms with van der Waals surface area (Å²) >= 11 is 0. The molecule has 0 aromatic heterocycles. The molecule has 0 atom stereocenters. The van der Waals surface area contributed by atoms with Gasteiger partial charge in [0.2, 0.25) is 0 Å². The van der Waals surface area contributed by atoms with Crippen molar-refractivity contribution in [1.29, 1.82) is 0 Å². The third-order valence-electron chi connectivity index (χ3n) is 5.64. The molecule has 4 N–H and O–H groups in total. The predicted molar refractivity (Wildman–Crippen MR) is 138 cm³/mol. The Balaban J connectivity index is 1.64. The zero-order chi connectivity index (χ0) is 25.5. The van der Waals surface area contributed by atoms with Crippen LogP contribution in [0.3, 0.4) is 0 Å². The number of hydroxylamine groups is 1. The quantitative estimate of drug-likeness (QED) is 0.222. The van der Waals surface area contributed by atoms with Crippen LogP contribution in [0.25, 0.3) is 11.1 Å². The first-order valence-corrected chi connectivity index (χ1v) is 11.3. The maximum Gasteiger partial charge on any atom is 0.274 e. The number of carbonyl (C=O) groups is 3. The molecule has 0 aliphatic heterocycles. The van der Waals surface area contributed by atoms with E-state index < -0.39 is 5.91 Å². The van der Waals surface area contributed by atoms with E-state index in [0.29, 0.717) is 28.9 Å². The summed E-state index contributed by atoms with van der Waals surface area (Å²) in [6.07, 6.45) is 0. The van der Waals surface area contributed by atoms with Crippen LogP contribution in [0.4, 0.5) is 5.69 Å². The molecule has 0 saturated heterocycles. The molecule has 0 saturated carbocycles. The monoisotopic (exact) mass is 479 g/mol. The zero-order valence-electron chi connectivity index (χ0n) is 19.6. The summed E-state index contributed by atoms with van der Waals surface area (Å²) in [6, 6.07) is 28.4. The largest absolute Gasteiger partial charge is 0.348 e. The molecule has 3 amide bonds. The molecule has 180 valence electrons. The Morgan fingerprint density at radius 1 is 0.667 bits per heavy atom. The number of carbonyl (C=O) groups excluding carboxylic acids is 3. The average Bonchev–Trinajstić information content (AvgIpc) is 2.92. The first-order chi connectivity index (χ1) is 17.4. The minimum atomic E-state index is -0.623. The van der Waals surface area contributed by atoms with Gasteiger partial charge in [-0.05, 0) is 66.1 Å². The SMILES string of the molecule is Cc1ccc(C(=O)Nc2cc(C(=O)NCc3ccccc3)cc(-c3ccc(C(=O)NO)cc3)c2)cc1. The summed E-state index contributed by atoms with van der Waals surface area (Å²) in [5, 5.41) is 14.6. The summed E-state index contributed by atoms with van der Waals surface area (Å²) in [4.78, 5) is 37.5. The van der Waals surface area contributed by atoms with E-state index in [4.69, 9.17) is 5.21 Å². The highest BCUT2D eigenvalue weighted by Gasteiger charge is 2.13. The molecule has 0 unspecified atom stereocenters. The van der Waals surface area contributed by atoms with Crippen LogP contribution in [0.2, 0.25) is 0 Å². The van der Waals surface area contributed by atoms with Crippen molar-refractivity contribution in [2.24, 2.45) is 0 Å². The first-order valence-electron chi connectivity index (χ1n) is 11.3. The van der Waals surface area contributed by atoms with Gasteiger partial charge >= 0.3 is 0 Å². The highest BCUT2D eigenvalue weighted by molar-refractivity contribution is 6.06. The van der Waals surface area contributed by atoms with Crippen molar-refractivity contribution in [1.82, 2.24) is 10.8 Å². The van der Waals surface area contributed by atoms with Gasteiger partial charge in [0, 0.05) is 28.9 Å². The van der Waals surface area contributed by atoms with Crippen LogP contribution >= 0.6 is 0 Å². The summed E-state index contributed by atoms with van der Waals surface area (Å²) in [5.41, 5.74) is 6.64. The lowest BCUT2D eigenvalue weighted by atomic mass is 10.00. The predicted octanol–water partition coefficient (Wildman–Crippen LogP) is 4.96. The zero-order valence-corrected chi connectivity index (χ0v) is 19.6. The Morgan fingerprint density at radius 2 is 1.31 bits per heavy atom. The number of hydrogen-bond acceptors (Lipinski definition) is 4. The molecule has 0 heterocycles. The van der Waals surface area contributed by atoms with E-state index in [9.17, 15) is 14.4 Å². The average molecular weight is 480 g/mol. The number of aryl methyl sites for hydroxylation is 1. The summed E-state index contributed by atoms with van der Waals surface area (Å²) in [7, 11) is 0. The molecular weight excluding hydrogens is 454 g/mol. The highest BCUT2D eigenvalue weighted by atomic mass is 16.5. The molecular formula is C29H25N3O4. The van der Waals surface area contributed by atoms with Crippen molar-refractivity contribution in [3.05, 3.63) is 125 Å². The maximum absolute atomic E-state index is 13.0. The van der Waals surface area contributed by atoms with Gasteiger partial charge < -0.3 is 10.6 Å². The van der Waals surface area contributed by atoms with Gasteiger partial charge in [0.15, 0.2) is 0 Å². The van der Waals surface area contributed by atoms with Crippen LogP contribution in [0.15, 0.2) is 97.1 Å². The number of anilines is 1. The van der Waals surface area contributed by atoms with Gasteiger partial charge in [-0.1, -0.05) is 60.2 Å². The van der Waals surface area contributed by atoms with Crippen LogP contribution in [-0.4, -0.2) is 22.9 Å². The number of hydrogen-bond donors (Lipinski definition) is 4. The van der Waals surface area contributed by atoms with E-state index in [2.05, 4.69) is 10.6 Å². The van der Waals surface area contributed by atoms with Gasteiger partial charge in [0.25, 0.3) is 17.7 Å². The number of benzene rings is 4. The minimum Gasteiger partial charge on any atom is -0.348 e. The van der Waals surface area contributed by atoms with Crippen molar-refractivity contribution in [3.63, 3.8) is 0 Å². The van der Waals surface area contributed by atoms with Gasteiger partial charge in [-0.15, -0.1) is 0 Å². The van der Waals surface area contributed by atoms with Crippen LogP contribution < -0.4 is 16.1 Å². The molecule has 4 aromatic carbocycles. The second-order valence-electron chi connectivity index (χ2n) is 8.31. The van der Waals surface area contributed by atoms with Crippen molar-refractivity contribution >= 4 is 23.4 Å². The van der Waals surface area contributed by atoms with Crippen LogP contribution in [0.5, 0.6) is 0 Å². The molecule has 36 heavy (non-hydrogen) atoms. The van der Waals surface area contributed by atoms with Gasteiger partial charge in [-0.25, -0.2) is 5.48 Å². The van der Waals surface area contributed by atoms with Gasteiger partial charge in [0.1, 0.15) is 0 Å². The summed E-state index contributed by atoms with van der Waals surface area (Å²) < 4.78 is 0. The van der Waals surface area contributed by atoms with Crippen molar-refractivity contribution in [3.8, 4) is 11.1 Å². The molecule has 7 nitrogen and oxygen atoms in total. The maximum atomic E-state index is 13.0. The Hall–Kier alpha value is -4.75. The molecule has 7 heteroatoms. The van der Waals surface area contributed by atoms with Crippen LogP contribution in [0.1, 0.15) is 42.2 Å². The van der Waals surface area contributed by atoms with E-state index in [1.165, 1.54) is 0 Å². The van der Waals surface area contributed by atoms with Gasteiger partial charge in [-0.2, -0.15) is 0 Å². The fourth-order valence-corrected chi connectivity index (χ4v) is 3.66. The summed E-state index contributed by atoms with van der Waals surface area (Å²) in [5.74, 6) is -1.21. The fraction of sp³-hybridized carbons (Fsp3) is 0.0690. The van der Waals surface area contributed by atoms with Crippen LogP contribution in [0, 0.1) is 6.92 Å². The smallest absolute Gasteiger partial charge is 0.274 e. The number of amides is 3. The molecule has 0 spiro atoms. The molecule has 4 aromatic rings. The van der Waals surface area contributed by atoms with E-state index in [-0.39, 0.29) is 17.4 Å². The molecule has 0 aliphatic carbocycles. The van der Waals surface area contributed by atoms with Gasteiger partial charge in [-0.3, -0.25) is 19.6 Å². The van der Waals surface area contributed by atoms with E-state index in [1.54, 1.807) is 60.1 Å². The minimum absolute atomic E-state index is 0.283. The lowest BCUT2D eigenvalue weighted by molar-refractivity contribution is 0.0706. The molecule has 0 fully saturated rings. The Kier molecular flexibility index (Phi) is 7.53. The van der Waals surface area contributed by atoms with E-state index >= 15 is 0 Å². The normalized spacial score (nSPS) is 10.4. The lowest BCUT2D eigenvalue weighted by Crippen LogP contribution is -2.23. The Bertz CT molecular complexity index is 1380. The lowest BCUT2D eigenvalue weighted by Gasteiger charge is -2.13. The standard InChI is InChI=1S/C29H25N3O4/c1-19-7-9-22(10-8-19)28(34)31-26-16-24(21-11-13-23(14-12-21)29(35)32-36)15-25(17-26)27(33)30-18-20-5-3-2-4-6-20/h2-17,36H,18H2,1H3,(H,30,33)(H,31,34)(H,32,35). The van der Waals surface area contributed by atoms with Crippen molar-refractivity contribution in [2.75, 3.05) is 5.32 Å². The molecule has 4 rings (SSSR count). The van der Waals surface area contributed by atoms with Crippen LogP contribution in [-0.2, 0) is 6.54 Å². The number of nitrogens with one attached hydrogen (secondary N) is 3. The van der Waals surface area contributed by atoms with Crippen molar-refractivity contribution in [2.45, 2.75) is 13.5 Å². The van der Waals surface area contributed by atoms with Crippen molar-refractivity contribution < 1.29 is 19.6 Å². The Morgan fingerprint density at radius 3 is 1.97 bits per heavy atom. The van der Waals surface area contributed by atoms with E-state index in [1.807, 2.05) is 49.4 Å².